The van der Waals surface area contributed by atoms with E-state index >= 15 is 0 Å². The van der Waals surface area contributed by atoms with Gasteiger partial charge in [0.25, 0.3) is 5.91 Å². The minimum absolute atomic E-state index is 0.101. The van der Waals surface area contributed by atoms with Crippen molar-refractivity contribution in [3.05, 3.63) is 72.1 Å². The number of rotatable bonds is 8. The zero-order valence-corrected chi connectivity index (χ0v) is 18.0. The first-order valence-corrected chi connectivity index (χ1v) is 11.1. The number of carbonyl (C=O) groups is 1. The van der Waals surface area contributed by atoms with Crippen molar-refractivity contribution < 1.29 is 13.9 Å². The number of anilines is 1. The van der Waals surface area contributed by atoms with Crippen LogP contribution in [0.1, 0.15) is 23.1 Å². The fourth-order valence-corrected chi connectivity index (χ4v) is 4.26. The Morgan fingerprint density at radius 2 is 2.06 bits per heavy atom. The number of benzene rings is 1. The molecule has 1 aromatic carbocycles. The number of carbonyl (C=O) groups excluding carboxylic acids is 1. The van der Waals surface area contributed by atoms with Crippen molar-refractivity contribution in [1.82, 2.24) is 25.0 Å². The molecule has 0 aliphatic carbocycles. The molecule has 0 atom stereocenters. The average molecular weight is 457 g/mol. The van der Waals surface area contributed by atoms with Crippen LogP contribution in [0.5, 0.6) is 5.75 Å². The molecule has 8 nitrogen and oxygen atoms in total. The summed E-state index contributed by atoms with van der Waals surface area (Å²) in [4.78, 5) is 17.1. The van der Waals surface area contributed by atoms with Crippen LogP contribution >= 0.6 is 23.1 Å². The normalized spacial score (nSPS) is 10.8. The van der Waals surface area contributed by atoms with Gasteiger partial charge in [-0.25, -0.2) is 9.07 Å². The van der Waals surface area contributed by atoms with Crippen LogP contribution in [0, 0.1) is 5.82 Å². The van der Waals surface area contributed by atoms with Gasteiger partial charge in [-0.05, 0) is 43.3 Å². The highest BCUT2D eigenvalue weighted by Crippen LogP contribution is 2.29. The lowest BCUT2D eigenvalue weighted by Gasteiger charge is -2.02. The third-order valence-corrected chi connectivity index (χ3v) is 5.99. The zero-order valence-electron chi connectivity index (χ0n) is 16.4. The van der Waals surface area contributed by atoms with Gasteiger partial charge < -0.3 is 4.74 Å². The van der Waals surface area contributed by atoms with E-state index in [4.69, 9.17) is 4.74 Å². The van der Waals surface area contributed by atoms with Gasteiger partial charge in [0.2, 0.25) is 5.13 Å². The van der Waals surface area contributed by atoms with Crippen molar-refractivity contribution in [2.45, 2.75) is 17.0 Å². The van der Waals surface area contributed by atoms with E-state index in [2.05, 4.69) is 25.6 Å². The molecule has 3 heterocycles. The highest BCUT2D eigenvalue weighted by molar-refractivity contribution is 8.00. The number of ether oxygens (including phenoxy) is 1. The second-order valence-electron chi connectivity index (χ2n) is 6.13. The lowest BCUT2D eigenvalue weighted by Crippen LogP contribution is -2.14. The molecule has 4 rings (SSSR count). The van der Waals surface area contributed by atoms with Crippen LogP contribution in [-0.4, -0.2) is 37.5 Å². The Kier molecular flexibility index (Phi) is 6.53. The number of hydrogen-bond donors (Lipinski definition) is 1. The first-order valence-electron chi connectivity index (χ1n) is 9.28. The van der Waals surface area contributed by atoms with E-state index < -0.39 is 5.91 Å². The van der Waals surface area contributed by atoms with Gasteiger partial charge in [-0.15, -0.1) is 10.2 Å². The van der Waals surface area contributed by atoms with Gasteiger partial charge in [-0.2, -0.15) is 5.10 Å². The minimum atomic E-state index is -0.471. The summed E-state index contributed by atoms with van der Waals surface area (Å²) < 4.78 is 20.9. The number of pyridine rings is 1. The molecule has 0 aliphatic rings. The molecule has 0 spiro atoms. The lowest BCUT2D eigenvalue weighted by molar-refractivity contribution is 0.101. The molecule has 0 unspecified atom stereocenters. The van der Waals surface area contributed by atoms with Crippen molar-refractivity contribution in [2.75, 3.05) is 11.9 Å². The fourth-order valence-electron chi connectivity index (χ4n) is 2.60. The highest BCUT2D eigenvalue weighted by Gasteiger charge is 2.20. The Labute approximate surface area is 185 Å². The van der Waals surface area contributed by atoms with E-state index in [-0.39, 0.29) is 11.5 Å². The van der Waals surface area contributed by atoms with Crippen LogP contribution in [0.4, 0.5) is 9.52 Å². The average Bonchev–Trinajstić information content (AvgIpc) is 3.41. The number of hydrogen-bond acceptors (Lipinski definition) is 8. The van der Waals surface area contributed by atoms with Crippen LogP contribution in [0.2, 0.25) is 0 Å². The summed E-state index contributed by atoms with van der Waals surface area (Å²) >= 11 is 2.75. The van der Waals surface area contributed by atoms with Crippen LogP contribution in [0.3, 0.4) is 0 Å². The number of nitrogens with zero attached hydrogens (tertiary/aromatic N) is 5. The molecule has 0 saturated heterocycles. The molecule has 1 N–H and O–H groups in total. The quantitative estimate of drug-likeness (QED) is 0.314. The van der Waals surface area contributed by atoms with E-state index in [1.165, 1.54) is 39.9 Å². The van der Waals surface area contributed by atoms with Crippen molar-refractivity contribution >= 4 is 34.1 Å². The van der Waals surface area contributed by atoms with Crippen molar-refractivity contribution in [2.24, 2.45) is 0 Å². The van der Waals surface area contributed by atoms with Gasteiger partial charge >= 0.3 is 0 Å². The molecular formula is C20H17FN6O2S2. The monoisotopic (exact) mass is 456 g/mol. The first-order chi connectivity index (χ1) is 15.1. The van der Waals surface area contributed by atoms with E-state index in [1.807, 2.05) is 25.1 Å². The molecule has 3 aromatic heterocycles. The summed E-state index contributed by atoms with van der Waals surface area (Å²) in [6.45, 7) is 2.18. The molecule has 31 heavy (non-hydrogen) atoms. The number of nitrogens with one attached hydrogen (secondary N) is 1. The second-order valence-corrected chi connectivity index (χ2v) is 8.33. The topological polar surface area (TPSA) is 94.8 Å². The van der Waals surface area contributed by atoms with Crippen LogP contribution in [0.25, 0.3) is 5.69 Å². The molecular weight excluding hydrogens is 439 g/mol. The van der Waals surface area contributed by atoms with Gasteiger partial charge in [0.1, 0.15) is 5.82 Å². The Morgan fingerprint density at radius 3 is 2.81 bits per heavy atom. The van der Waals surface area contributed by atoms with Crippen molar-refractivity contribution in [3.63, 3.8) is 0 Å². The van der Waals surface area contributed by atoms with Crippen LogP contribution in [-0.2, 0) is 5.75 Å². The van der Waals surface area contributed by atoms with Gasteiger partial charge in [-0.3, -0.25) is 15.1 Å². The zero-order chi connectivity index (χ0) is 21.6. The predicted molar refractivity (Wildman–Crippen MR) is 116 cm³/mol. The molecule has 0 aliphatic heterocycles. The fraction of sp³-hybridized carbons (Fsp3) is 0.150. The smallest absolute Gasteiger partial charge is 0.281 e. The molecule has 0 saturated carbocycles. The van der Waals surface area contributed by atoms with Gasteiger partial charge in [0.15, 0.2) is 15.8 Å². The molecule has 1 amide bonds. The Hall–Kier alpha value is -3.31. The lowest BCUT2D eigenvalue weighted by atomic mass is 10.3. The SMILES string of the molecule is CCOc1cn(-c2ccc(F)cc2)nc1C(=O)Nc1nnc(SCc2ccccn2)s1. The summed E-state index contributed by atoms with van der Waals surface area (Å²) in [6, 6.07) is 11.5. The number of aromatic nitrogens is 5. The minimum Gasteiger partial charge on any atom is -0.490 e. The summed E-state index contributed by atoms with van der Waals surface area (Å²) in [5.74, 6) is 0.146. The molecule has 4 aromatic rings. The summed E-state index contributed by atoms with van der Waals surface area (Å²) in [5, 5.41) is 15.5. The highest BCUT2D eigenvalue weighted by atomic mass is 32.2. The van der Waals surface area contributed by atoms with E-state index in [9.17, 15) is 9.18 Å². The number of amides is 1. The summed E-state index contributed by atoms with van der Waals surface area (Å²) in [5.41, 5.74) is 1.63. The maximum atomic E-state index is 13.2. The third kappa shape index (κ3) is 5.25. The summed E-state index contributed by atoms with van der Waals surface area (Å²) in [7, 11) is 0. The van der Waals surface area contributed by atoms with E-state index in [1.54, 1.807) is 24.5 Å². The van der Waals surface area contributed by atoms with Crippen LogP contribution < -0.4 is 10.1 Å². The molecule has 158 valence electrons. The van der Waals surface area contributed by atoms with Gasteiger partial charge in [0.05, 0.1) is 24.2 Å². The third-order valence-electron chi connectivity index (χ3n) is 3.98. The Morgan fingerprint density at radius 1 is 1.23 bits per heavy atom. The first kappa shape index (κ1) is 20.9. The van der Waals surface area contributed by atoms with Crippen molar-refractivity contribution in [1.29, 1.82) is 0 Å². The van der Waals surface area contributed by atoms with E-state index in [0.717, 1.165) is 5.69 Å². The molecule has 0 fully saturated rings. The molecule has 0 radical (unpaired) electrons. The predicted octanol–water partition coefficient (Wildman–Crippen LogP) is 4.20. The largest absolute Gasteiger partial charge is 0.490 e. The second kappa shape index (κ2) is 9.67. The van der Waals surface area contributed by atoms with Gasteiger partial charge in [0, 0.05) is 11.9 Å². The maximum absolute atomic E-state index is 13.2. The standard InChI is InChI=1S/C20H17FN6O2S2/c1-2-29-16-11-27(15-8-6-13(21)7-9-15)26-17(16)18(28)23-19-24-25-20(31-19)30-12-14-5-3-4-10-22-14/h3-11H,2,12H2,1H3,(H,23,24,28). The number of halogens is 1. The van der Waals surface area contributed by atoms with Crippen LogP contribution in [0.15, 0.2) is 59.2 Å². The number of thioether (sulfide) groups is 1. The maximum Gasteiger partial charge on any atom is 0.281 e. The van der Waals surface area contributed by atoms with E-state index in [0.29, 0.717) is 33.3 Å². The van der Waals surface area contributed by atoms with Crippen molar-refractivity contribution in [3.8, 4) is 11.4 Å². The van der Waals surface area contributed by atoms with Gasteiger partial charge in [-0.1, -0.05) is 29.2 Å². The Bertz CT molecular complexity index is 1160. The molecule has 0 bridgehead atoms. The summed E-state index contributed by atoms with van der Waals surface area (Å²) in [6.07, 6.45) is 3.32. The Balaban J connectivity index is 1.46. The molecule has 11 heteroatoms.